The van der Waals surface area contributed by atoms with Crippen LogP contribution in [0.1, 0.15) is 23.8 Å². The van der Waals surface area contributed by atoms with Crippen molar-refractivity contribution < 1.29 is 4.79 Å². The van der Waals surface area contributed by atoms with E-state index in [1.165, 1.54) is 10.7 Å². The van der Waals surface area contributed by atoms with Gasteiger partial charge >= 0.3 is 0 Å². The summed E-state index contributed by atoms with van der Waals surface area (Å²) in [5, 5.41) is 7.14. The molecular formula is C11H14N6O. The predicted octanol–water partition coefficient (Wildman–Crippen LogP) is 0.583. The van der Waals surface area contributed by atoms with E-state index in [1.807, 2.05) is 0 Å². The molecule has 2 rings (SSSR count). The van der Waals surface area contributed by atoms with Gasteiger partial charge in [0, 0.05) is 12.7 Å². The molecule has 0 fully saturated rings. The molecule has 0 aromatic carbocycles. The molecule has 2 aromatic heterocycles. The van der Waals surface area contributed by atoms with Crippen molar-refractivity contribution in [3.8, 4) is 5.82 Å². The van der Waals surface area contributed by atoms with Crippen molar-refractivity contribution in [3.63, 3.8) is 0 Å². The van der Waals surface area contributed by atoms with E-state index in [0.29, 0.717) is 11.6 Å². The van der Waals surface area contributed by atoms with Crippen LogP contribution >= 0.6 is 0 Å². The zero-order valence-electron chi connectivity index (χ0n) is 10.00. The molecule has 0 atom stereocenters. The van der Waals surface area contributed by atoms with Crippen molar-refractivity contribution in [3.05, 3.63) is 30.4 Å². The van der Waals surface area contributed by atoms with Crippen molar-refractivity contribution in [2.45, 2.75) is 13.3 Å². The quantitative estimate of drug-likeness (QED) is 0.804. The Kier molecular flexibility index (Phi) is 3.52. The summed E-state index contributed by atoms with van der Waals surface area (Å²) in [6.07, 6.45) is 5.82. The van der Waals surface area contributed by atoms with Crippen LogP contribution in [0.15, 0.2) is 24.7 Å². The Morgan fingerprint density at radius 3 is 3.00 bits per heavy atom. The van der Waals surface area contributed by atoms with Gasteiger partial charge in [-0.05, 0) is 12.5 Å². The van der Waals surface area contributed by atoms with Gasteiger partial charge in [0.2, 0.25) is 0 Å². The highest BCUT2D eigenvalue weighted by atomic mass is 16.1. The van der Waals surface area contributed by atoms with Gasteiger partial charge in [-0.2, -0.15) is 5.10 Å². The minimum Gasteiger partial charge on any atom is -0.369 e. The second-order valence-electron chi connectivity index (χ2n) is 3.70. The first-order valence-electron chi connectivity index (χ1n) is 5.62. The van der Waals surface area contributed by atoms with Crippen LogP contribution in [-0.2, 0) is 0 Å². The molecule has 18 heavy (non-hydrogen) atoms. The first-order chi connectivity index (χ1) is 8.70. The maximum atomic E-state index is 11.0. The summed E-state index contributed by atoms with van der Waals surface area (Å²) in [6, 6.07) is 1.54. The molecule has 1 amide bonds. The standard InChI is InChI=1S/C11H14N6O/c1-2-4-14-9-6-13-7-10(15-9)17-5-3-8(16-17)11(12)18/h3,5-7H,2,4H2,1H3,(H2,12,18)(H,14,15). The second-order valence-corrected chi connectivity index (χ2v) is 3.70. The van der Waals surface area contributed by atoms with E-state index in [-0.39, 0.29) is 5.69 Å². The van der Waals surface area contributed by atoms with Gasteiger partial charge < -0.3 is 11.1 Å². The van der Waals surface area contributed by atoms with Crippen LogP contribution in [0.2, 0.25) is 0 Å². The highest BCUT2D eigenvalue weighted by molar-refractivity contribution is 5.90. The maximum Gasteiger partial charge on any atom is 0.269 e. The number of hydrogen-bond donors (Lipinski definition) is 2. The molecule has 94 valence electrons. The largest absolute Gasteiger partial charge is 0.369 e. The van der Waals surface area contributed by atoms with E-state index in [1.54, 1.807) is 18.6 Å². The molecule has 7 nitrogen and oxygen atoms in total. The summed E-state index contributed by atoms with van der Waals surface area (Å²) < 4.78 is 1.46. The number of rotatable bonds is 5. The molecule has 0 saturated carbocycles. The van der Waals surface area contributed by atoms with E-state index >= 15 is 0 Å². The van der Waals surface area contributed by atoms with Gasteiger partial charge in [0.15, 0.2) is 5.82 Å². The lowest BCUT2D eigenvalue weighted by atomic mass is 10.4. The molecule has 0 aliphatic rings. The normalized spacial score (nSPS) is 10.3. The van der Waals surface area contributed by atoms with Gasteiger partial charge in [0.1, 0.15) is 11.5 Å². The number of nitrogens with two attached hydrogens (primary N) is 1. The summed E-state index contributed by atoms with van der Waals surface area (Å²) in [5.41, 5.74) is 5.34. The molecule has 0 aliphatic heterocycles. The number of primary amides is 1. The fourth-order valence-electron chi connectivity index (χ4n) is 1.39. The number of carbonyl (C=O) groups is 1. The summed E-state index contributed by atoms with van der Waals surface area (Å²) in [7, 11) is 0. The fraction of sp³-hybridized carbons (Fsp3) is 0.273. The summed E-state index contributed by atoms with van der Waals surface area (Å²) >= 11 is 0. The van der Waals surface area contributed by atoms with Crippen molar-refractivity contribution in [2.75, 3.05) is 11.9 Å². The molecule has 2 heterocycles. The number of anilines is 1. The van der Waals surface area contributed by atoms with Gasteiger partial charge in [0.25, 0.3) is 5.91 Å². The number of aromatic nitrogens is 4. The van der Waals surface area contributed by atoms with E-state index in [9.17, 15) is 4.79 Å². The van der Waals surface area contributed by atoms with Crippen molar-refractivity contribution in [1.82, 2.24) is 19.7 Å². The average molecular weight is 246 g/mol. The Morgan fingerprint density at radius 1 is 1.50 bits per heavy atom. The third-order valence-corrected chi connectivity index (χ3v) is 2.25. The molecule has 3 N–H and O–H groups in total. The van der Waals surface area contributed by atoms with Crippen molar-refractivity contribution in [1.29, 1.82) is 0 Å². The van der Waals surface area contributed by atoms with Crippen LogP contribution in [0.5, 0.6) is 0 Å². The summed E-state index contributed by atoms with van der Waals surface area (Å²) in [6.45, 7) is 2.89. The number of nitrogens with zero attached hydrogens (tertiary/aromatic N) is 4. The molecule has 0 radical (unpaired) electrons. The first kappa shape index (κ1) is 12.0. The lowest BCUT2D eigenvalue weighted by Crippen LogP contribution is -2.12. The minimum absolute atomic E-state index is 0.198. The number of amides is 1. The van der Waals surface area contributed by atoms with E-state index in [0.717, 1.165) is 13.0 Å². The number of hydrogen-bond acceptors (Lipinski definition) is 5. The summed E-state index contributed by atoms with van der Waals surface area (Å²) in [4.78, 5) is 19.3. The third kappa shape index (κ3) is 2.62. The maximum absolute atomic E-state index is 11.0. The molecule has 0 bridgehead atoms. The van der Waals surface area contributed by atoms with Gasteiger partial charge in [-0.15, -0.1) is 0 Å². The molecule has 0 unspecified atom stereocenters. The zero-order chi connectivity index (χ0) is 13.0. The zero-order valence-corrected chi connectivity index (χ0v) is 10.00. The SMILES string of the molecule is CCCNc1cncc(-n2ccc(C(N)=O)n2)n1. The third-order valence-electron chi connectivity index (χ3n) is 2.25. The highest BCUT2D eigenvalue weighted by Crippen LogP contribution is 2.07. The fourth-order valence-corrected chi connectivity index (χ4v) is 1.39. The molecule has 0 saturated heterocycles. The van der Waals surface area contributed by atoms with Crippen LogP contribution in [-0.4, -0.2) is 32.2 Å². The van der Waals surface area contributed by atoms with E-state index < -0.39 is 5.91 Å². The van der Waals surface area contributed by atoms with Crippen molar-refractivity contribution >= 4 is 11.7 Å². The monoisotopic (exact) mass is 246 g/mol. The highest BCUT2D eigenvalue weighted by Gasteiger charge is 2.07. The number of nitrogens with one attached hydrogen (secondary N) is 1. The topological polar surface area (TPSA) is 98.7 Å². The number of carbonyl (C=O) groups excluding carboxylic acids is 1. The average Bonchev–Trinajstić information content (AvgIpc) is 2.86. The van der Waals surface area contributed by atoms with Gasteiger partial charge in [-0.25, -0.2) is 9.67 Å². The van der Waals surface area contributed by atoms with Crippen LogP contribution in [0.25, 0.3) is 5.82 Å². The first-order valence-corrected chi connectivity index (χ1v) is 5.62. The Morgan fingerprint density at radius 2 is 2.33 bits per heavy atom. The Bertz CT molecular complexity index is 550. The molecular weight excluding hydrogens is 232 g/mol. The van der Waals surface area contributed by atoms with E-state index in [4.69, 9.17) is 5.73 Å². The van der Waals surface area contributed by atoms with Gasteiger partial charge in [-0.3, -0.25) is 9.78 Å². The molecule has 7 heteroatoms. The summed E-state index contributed by atoms with van der Waals surface area (Å²) in [5.74, 6) is 0.635. The Hall–Kier alpha value is -2.44. The van der Waals surface area contributed by atoms with Crippen LogP contribution in [0, 0.1) is 0 Å². The minimum atomic E-state index is -0.568. The lowest BCUT2D eigenvalue weighted by Gasteiger charge is -2.05. The Labute approximate surface area is 104 Å². The smallest absolute Gasteiger partial charge is 0.269 e. The lowest BCUT2D eigenvalue weighted by molar-refractivity contribution is 0.0995. The van der Waals surface area contributed by atoms with Crippen LogP contribution in [0.3, 0.4) is 0 Å². The molecule has 2 aromatic rings. The van der Waals surface area contributed by atoms with Crippen LogP contribution < -0.4 is 11.1 Å². The Balaban J connectivity index is 2.23. The second kappa shape index (κ2) is 5.26. The van der Waals surface area contributed by atoms with Gasteiger partial charge in [-0.1, -0.05) is 6.92 Å². The molecule has 0 spiro atoms. The van der Waals surface area contributed by atoms with Gasteiger partial charge in [0.05, 0.1) is 12.4 Å². The van der Waals surface area contributed by atoms with Crippen molar-refractivity contribution in [2.24, 2.45) is 5.73 Å². The van der Waals surface area contributed by atoms with E-state index in [2.05, 4.69) is 27.3 Å². The predicted molar refractivity (Wildman–Crippen MR) is 66.5 cm³/mol. The molecule has 0 aliphatic carbocycles. The van der Waals surface area contributed by atoms with Crippen LogP contribution in [0.4, 0.5) is 5.82 Å².